The third-order valence-corrected chi connectivity index (χ3v) is 3.87. The van der Waals surface area contributed by atoms with E-state index in [9.17, 15) is 0 Å². The summed E-state index contributed by atoms with van der Waals surface area (Å²) in [6, 6.07) is 4.91. The number of benzene rings is 1. The van der Waals surface area contributed by atoms with Crippen molar-refractivity contribution in [1.82, 2.24) is 5.32 Å². The summed E-state index contributed by atoms with van der Waals surface area (Å²) in [6.45, 7) is 7.68. The smallest absolute Gasteiger partial charge is 0.161 e. The van der Waals surface area contributed by atoms with Gasteiger partial charge in [-0.05, 0) is 43.0 Å². The molecule has 1 saturated carbocycles. The predicted octanol–water partition coefficient (Wildman–Crippen LogP) is 3.04. The highest BCUT2D eigenvalue weighted by Gasteiger charge is 2.28. The van der Waals surface area contributed by atoms with Crippen LogP contribution in [-0.2, 0) is 5.41 Å². The highest BCUT2D eigenvalue weighted by atomic mass is 16.5. The van der Waals surface area contributed by atoms with E-state index >= 15 is 0 Å². The van der Waals surface area contributed by atoms with E-state index in [0.29, 0.717) is 0 Å². The predicted molar refractivity (Wildman–Crippen MR) is 78.3 cm³/mol. The zero-order valence-electron chi connectivity index (χ0n) is 12.7. The lowest BCUT2D eigenvalue weighted by atomic mass is 9.81. The van der Waals surface area contributed by atoms with E-state index in [4.69, 9.17) is 9.47 Å². The maximum absolute atomic E-state index is 5.42. The summed E-state index contributed by atoms with van der Waals surface area (Å²) in [5, 5.41) is 3.62. The standard InChI is InChI=1S/C16H25NO2/c1-11-8-14(18-4)15(19-5)9-13(11)16(2,3)10-17-12-6-7-12/h8-9,12,17H,6-7,10H2,1-5H3. The zero-order chi connectivity index (χ0) is 14.0. The lowest BCUT2D eigenvalue weighted by Gasteiger charge is -2.28. The van der Waals surface area contributed by atoms with Crippen LogP contribution in [-0.4, -0.2) is 26.8 Å². The topological polar surface area (TPSA) is 30.5 Å². The third-order valence-electron chi connectivity index (χ3n) is 3.87. The van der Waals surface area contributed by atoms with E-state index < -0.39 is 0 Å². The summed E-state index contributed by atoms with van der Waals surface area (Å²) in [5.41, 5.74) is 2.66. The summed E-state index contributed by atoms with van der Waals surface area (Å²) in [7, 11) is 3.36. The van der Waals surface area contributed by atoms with Gasteiger partial charge in [0.25, 0.3) is 0 Å². The van der Waals surface area contributed by atoms with Gasteiger partial charge in [-0.15, -0.1) is 0 Å². The Kier molecular flexibility index (Phi) is 4.04. The normalized spacial score (nSPS) is 15.4. The Morgan fingerprint density at radius 1 is 1.16 bits per heavy atom. The summed E-state index contributed by atoms with van der Waals surface area (Å²) in [6.07, 6.45) is 2.64. The molecule has 0 heterocycles. The number of hydrogen-bond acceptors (Lipinski definition) is 3. The van der Waals surface area contributed by atoms with Crippen LogP contribution < -0.4 is 14.8 Å². The van der Waals surface area contributed by atoms with Crippen molar-refractivity contribution < 1.29 is 9.47 Å². The molecule has 0 unspecified atom stereocenters. The minimum absolute atomic E-state index is 0.0895. The van der Waals surface area contributed by atoms with Crippen LogP contribution >= 0.6 is 0 Å². The lowest BCUT2D eigenvalue weighted by Crippen LogP contribution is -2.34. The first-order chi connectivity index (χ1) is 8.97. The van der Waals surface area contributed by atoms with Crippen LogP contribution in [0.15, 0.2) is 12.1 Å². The molecule has 19 heavy (non-hydrogen) atoms. The van der Waals surface area contributed by atoms with E-state index in [1.54, 1.807) is 14.2 Å². The van der Waals surface area contributed by atoms with Gasteiger partial charge in [0.1, 0.15) is 0 Å². The van der Waals surface area contributed by atoms with Crippen LogP contribution in [0.25, 0.3) is 0 Å². The summed E-state index contributed by atoms with van der Waals surface area (Å²) < 4.78 is 10.8. The van der Waals surface area contributed by atoms with E-state index in [1.807, 2.05) is 0 Å². The number of aryl methyl sites for hydroxylation is 1. The largest absolute Gasteiger partial charge is 0.493 e. The first-order valence-corrected chi connectivity index (χ1v) is 6.94. The summed E-state index contributed by atoms with van der Waals surface area (Å²) in [5.74, 6) is 1.61. The number of methoxy groups -OCH3 is 2. The Morgan fingerprint density at radius 3 is 2.26 bits per heavy atom. The van der Waals surface area contributed by atoms with Gasteiger partial charge in [-0.3, -0.25) is 0 Å². The Hall–Kier alpha value is -1.22. The van der Waals surface area contributed by atoms with Crippen molar-refractivity contribution in [3.05, 3.63) is 23.3 Å². The van der Waals surface area contributed by atoms with Gasteiger partial charge in [-0.2, -0.15) is 0 Å². The zero-order valence-corrected chi connectivity index (χ0v) is 12.7. The van der Waals surface area contributed by atoms with Crippen molar-refractivity contribution in [2.24, 2.45) is 0 Å². The maximum Gasteiger partial charge on any atom is 0.161 e. The summed E-state index contributed by atoms with van der Waals surface area (Å²) in [4.78, 5) is 0. The molecule has 0 saturated heterocycles. The van der Waals surface area contributed by atoms with Crippen molar-refractivity contribution in [1.29, 1.82) is 0 Å². The molecule has 1 N–H and O–H groups in total. The molecule has 3 heteroatoms. The molecule has 3 nitrogen and oxygen atoms in total. The van der Waals surface area contributed by atoms with Gasteiger partial charge < -0.3 is 14.8 Å². The van der Waals surface area contributed by atoms with Crippen LogP contribution in [0.1, 0.15) is 37.8 Å². The second kappa shape index (κ2) is 5.41. The molecule has 2 rings (SSSR count). The van der Waals surface area contributed by atoms with Crippen LogP contribution in [0.4, 0.5) is 0 Å². The van der Waals surface area contributed by atoms with E-state index in [-0.39, 0.29) is 5.41 Å². The monoisotopic (exact) mass is 263 g/mol. The van der Waals surface area contributed by atoms with E-state index in [2.05, 4.69) is 38.2 Å². The van der Waals surface area contributed by atoms with E-state index in [0.717, 1.165) is 24.1 Å². The van der Waals surface area contributed by atoms with Crippen molar-refractivity contribution in [2.45, 2.75) is 45.1 Å². The molecular weight excluding hydrogens is 238 g/mol. The average molecular weight is 263 g/mol. The van der Waals surface area contributed by atoms with Crippen LogP contribution in [0.3, 0.4) is 0 Å². The fourth-order valence-electron chi connectivity index (χ4n) is 2.49. The Bertz CT molecular complexity index is 450. The van der Waals surface area contributed by atoms with Crippen LogP contribution in [0.2, 0.25) is 0 Å². The van der Waals surface area contributed by atoms with Gasteiger partial charge in [-0.1, -0.05) is 13.8 Å². The quantitative estimate of drug-likeness (QED) is 0.855. The molecule has 0 radical (unpaired) electrons. The second-order valence-electron chi connectivity index (χ2n) is 6.06. The Labute approximate surface area is 116 Å². The molecule has 1 aliphatic rings. The van der Waals surface area contributed by atoms with Crippen molar-refractivity contribution >= 4 is 0 Å². The molecule has 0 aromatic heterocycles. The number of hydrogen-bond donors (Lipinski definition) is 1. The third kappa shape index (κ3) is 3.21. The molecule has 1 fully saturated rings. The molecule has 0 aliphatic heterocycles. The van der Waals surface area contributed by atoms with Gasteiger partial charge in [0.05, 0.1) is 14.2 Å². The van der Waals surface area contributed by atoms with Gasteiger partial charge in [-0.25, -0.2) is 0 Å². The summed E-state index contributed by atoms with van der Waals surface area (Å²) >= 11 is 0. The number of nitrogens with one attached hydrogen (secondary N) is 1. The van der Waals surface area contributed by atoms with Gasteiger partial charge in [0, 0.05) is 18.0 Å². The number of ether oxygens (including phenoxy) is 2. The van der Waals surface area contributed by atoms with Crippen LogP contribution in [0.5, 0.6) is 11.5 Å². The van der Waals surface area contributed by atoms with Crippen molar-refractivity contribution in [3.8, 4) is 11.5 Å². The molecule has 1 aliphatic carbocycles. The molecule has 0 amide bonds. The minimum Gasteiger partial charge on any atom is -0.493 e. The molecule has 0 spiro atoms. The Morgan fingerprint density at radius 2 is 1.74 bits per heavy atom. The fraction of sp³-hybridized carbons (Fsp3) is 0.625. The van der Waals surface area contributed by atoms with Crippen molar-refractivity contribution in [3.63, 3.8) is 0 Å². The second-order valence-corrected chi connectivity index (χ2v) is 6.06. The molecule has 0 atom stereocenters. The minimum atomic E-state index is 0.0895. The Balaban J connectivity index is 2.25. The highest BCUT2D eigenvalue weighted by molar-refractivity contribution is 5.49. The molecule has 1 aromatic carbocycles. The van der Waals surface area contributed by atoms with Gasteiger partial charge >= 0.3 is 0 Å². The molecule has 0 bridgehead atoms. The van der Waals surface area contributed by atoms with Gasteiger partial charge in [0.2, 0.25) is 0 Å². The maximum atomic E-state index is 5.42. The highest BCUT2D eigenvalue weighted by Crippen LogP contribution is 2.36. The lowest BCUT2D eigenvalue weighted by molar-refractivity contribution is 0.352. The van der Waals surface area contributed by atoms with Gasteiger partial charge in [0.15, 0.2) is 11.5 Å². The average Bonchev–Trinajstić information content (AvgIpc) is 3.19. The van der Waals surface area contributed by atoms with Crippen molar-refractivity contribution in [2.75, 3.05) is 20.8 Å². The molecular formula is C16H25NO2. The van der Waals surface area contributed by atoms with Crippen LogP contribution in [0, 0.1) is 6.92 Å². The molecule has 1 aromatic rings. The van der Waals surface area contributed by atoms with E-state index in [1.165, 1.54) is 24.0 Å². The first kappa shape index (κ1) is 14.2. The first-order valence-electron chi connectivity index (χ1n) is 6.94. The fourth-order valence-corrected chi connectivity index (χ4v) is 2.49. The number of rotatable bonds is 6. The SMILES string of the molecule is COc1cc(C)c(C(C)(C)CNC2CC2)cc1OC. The molecule has 106 valence electrons.